The molecule has 0 amide bonds. The molecular formula is C35H49NO7. The van der Waals surface area contributed by atoms with Crippen LogP contribution < -0.4 is 0 Å². The molecule has 4 aliphatic rings. The highest BCUT2D eigenvalue weighted by atomic mass is 16.6. The number of ether oxygens (including phenoxy) is 3. The molecule has 11 atom stereocenters. The fraction of sp³-hybridized carbons (Fsp3) is 0.714. The molecule has 0 spiro atoms. The standard InChI is InChI=1S/C35H49NO7/c1-20(37)26-13-14-27-25-19-29(41-21(2)38)28-18-24(36(6)7)15-16-34(28,4)31(25)32(33(35(26,27)5)42-22(3)39)43-30(40)17-23-11-9-8-10-12-23/h8-12,24-29,31-33H,13-19H2,1-7H3/t24-,25-,26+,27-,28?,29+,31+,32-,33+,34-,35+/m0/s1. The van der Waals surface area contributed by atoms with Gasteiger partial charge >= 0.3 is 17.9 Å². The van der Waals surface area contributed by atoms with Crippen molar-refractivity contribution in [3.05, 3.63) is 35.9 Å². The minimum Gasteiger partial charge on any atom is -0.462 e. The maximum atomic E-state index is 13.7. The summed E-state index contributed by atoms with van der Waals surface area (Å²) in [6.45, 7) is 8.84. The second-order valence-corrected chi connectivity index (χ2v) is 14.4. The van der Waals surface area contributed by atoms with Crippen LogP contribution in [0.5, 0.6) is 0 Å². The smallest absolute Gasteiger partial charge is 0.310 e. The van der Waals surface area contributed by atoms with Crippen molar-refractivity contribution in [1.82, 2.24) is 4.90 Å². The van der Waals surface area contributed by atoms with Crippen LogP contribution >= 0.6 is 0 Å². The number of nitrogens with zero attached hydrogens (tertiary/aromatic N) is 1. The van der Waals surface area contributed by atoms with E-state index in [1.165, 1.54) is 13.8 Å². The van der Waals surface area contributed by atoms with Crippen molar-refractivity contribution in [2.45, 2.75) is 104 Å². The molecule has 0 N–H and O–H groups in total. The topological polar surface area (TPSA) is 99.2 Å². The Morgan fingerprint density at radius 3 is 2.14 bits per heavy atom. The van der Waals surface area contributed by atoms with Gasteiger partial charge in [-0.1, -0.05) is 44.2 Å². The highest BCUT2D eigenvalue weighted by Gasteiger charge is 2.71. The Morgan fingerprint density at radius 2 is 1.53 bits per heavy atom. The second-order valence-electron chi connectivity index (χ2n) is 14.4. The number of ketones is 1. The Labute approximate surface area is 256 Å². The second kappa shape index (κ2) is 12.0. The summed E-state index contributed by atoms with van der Waals surface area (Å²) >= 11 is 0. The Balaban J connectivity index is 1.63. The van der Waals surface area contributed by atoms with Crippen LogP contribution in [0.15, 0.2) is 30.3 Å². The molecule has 0 saturated heterocycles. The number of carbonyl (C=O) groups excluding carboxylic acids is 4. The first kappa shape index (κ1) is 31.7. The maximum Gasteiger partial charge on any atom is 0.310 e. The van der Waals surface area contributed by atoms with Crippen LogP contribution in [0.3, 0.4) is 0 Å². The van der Waals surface area contributed by atoms with Crippen LogP contribution in [0.25, 0.3) is 0 Å². The Kier molecular flexibility index (Phi) is 8.83. The van der Waals surface area contributed by atoms with Crippen molar-refractivity contribution in [1.29, 1.82) is 0 Å². The first-order valence-electron chi connectivity index (χ1n) is 16.0. The summed E-state index contributed by atoms with van der Waals surface area (Å²) in [5.74, 6) is -1.29. The Morgan fingerprint density at radius 1 is 0.860 bits per heavy atom. The van der Waals surface area contributed by atoms with E-state index < -0.39 is 23.6 Å². The lowest BCUT2D eigenvalue weighted by molar-refractivity contribution is -0.258. The lowest BCUT2D eigenvalue weighted by Crippen LogP contribution is -2.69. The third-order valence-electron chi connectivity index (χ3n) is 12.0. The van der Waals surface area contributed by atoms with E-state index in [4.69, 9.17) is 14.2 Å². The van der Waals surface area contributed by atoms with E-state index in [1.807, 2.05) is 30.3 Å². The molecule has 1 aromatic rings. The number of esters is 3. The summed E-state index contributed by atoms with van der Waals surface area (Å²) in [6.07, 6.45) is 3.25. The molecule has 0 aromatic heterocycles. The first-order valence-corrected chi connectivity index (χ1v) is 16.0. The fourth-order valence-corrected chi connectivity index (χ4v) is 10.2. The van der Waals surface area contributed by atoms with E-state index in [2.05, 4.69) is 32.8 Å². The average molecular weight is 596 g/mol. The summed E-state index contributed by atoms with van der Waals surface area (Å²) in [4.78, 5) is 54.3. The van der Waals surface area contributed by atoms with E-state index in [0.29, 0.717) is 18.9 Å². The van der Waals surface area contributed by atoms with Crippen molar-refractivity contribution in [3.8, 4) is 0 Å². The molecule has 4 fully saturated rings. The number of fused-ring (bicyclic) bond motifs is 5. The van der Waals surface area contributed by atoms with Crippen LogP contribution in [-0.4, -0.2) is 67.0 Å². The molecule has 0 radical (unpaired) electrons. The van der Waals surface area contributed by atoms with Gasteiger partial charge in [-0.3, -0.25) is 19.2 Å². The highest BCUT2D eigenvalue weighted by Crippen LogP contribution is 2.69. The van der Waals surface area contributed by atoms with Crippen molar-refractivity contribution in [3.63, 3.8) is 0 Å². The summed E-state index contributed by atoms with van der Waals surface area (Å²) in [7, 11) is 4.19. The van der Waals surface area contributed by atoms with Gasteiger partial charge in [0.15, 0.2) is 0 Å². The van der Waals surface area contributed by atoms with E-state index in [0.717, 1.165) is 31.2 Å². The van der Waals surface area contributed by atoms with Crippen molar-refractivity contribution >= 4 is 23.7 Å². The van der Waals surface area contributed by atoms with E-state index in [-0.39, 0.29) is 65.3 Å². The van der Waals surface area contributed by atoms with Gasteiger partial charge in [0.25, 0.3) is 0 Å². The van der Waals surface area contributed by atoms with Crippen LogP contribution in [0.1, 0.15) is 78.7 Å². The fourth-order valence-electron chi connectivity index (χ4n) is 10.2. The van der Waals surface area contributed by atoms with Gasteiger partial charge in [0.2, 0.25) is 0 Å². The monoisotopic (exact) mass is 595 g/mol. The summed E-state index contributed by atoms with van der Waals surface area (Å²) in [5, 5.41) is 0. The molecule has 236 valence electrons. The predicted molar refractivity (Wildman–Crippen MR) is 161 cm³/mol. The van der Waals surface area contributed by atoms with Crippen LogP contribution in [0.2, 0.25) is 0 Å². The zero-order valence-corrected chi connectivity index (χ0v) is 26.8. The van der Waals surface area contributed by atoms with E-state index in [1.54, 1.807) is 6.92 Å². The highest BCUT2D eigenvalue weighted by molar-refractivity contribution is 5.80. The van der Waals surface area contributed by atoms with Crippen molar-refractivity contribution in [2.75, 3.05) is 14.1 Å². The van der Waals surface area contributed by atoms with Gasteiger partial charge in [-0.05, 0) is 82.4 Å². The molecule has 1 unspecified atom stereocenters. The SMILES string of the molecule is CC(=O)O[C@@H]1[C@@H](OC(=O)Cc2ccccc2)[C@H]2[C@@H](C[C@@H](OC(C)=O)C3C[C@@H](N(C)C)CC[C@@]32C)[C@@H]2CC[C@H](C(C)=O)[C@@]12C. The zero-order valence-electron chi connectivity index (χ0n) is 26.8. The Bertz CT molecular complexity index is 1230. The van der Waals surface area contributed by atoms with E-state index in [9.17, 15) is 19.2 Å². The molecule has 8 nitrogen and oxygen atoms in total. The molecule has 4 saturated carbocycles. The minimum atomic E-state index is -0.748. The van der Waals surface area contributed by atoms with Crippen LogP contribution in [0.4, 0.5) is 0 Å². The largest absolute Gasteiger partial charge is 0.462 e. The molecule has 0 aliphatic heterocycles. The quantitative estimate of drug-likeness (QED) is 0.320. The van der Waals surface area contributed by atoms with Gasteiger partial charge in [-0.15, -0.1) is 0 Å². The van der Waals surface area contributed by atoms with Crippen LogP contribution in [-0.2, 0) is 39.8 Å². The molecular weight excluding hydrogens is 546 g/mol. The van der Waals surface area contributed by atoms with Gasteiger partial charge in [0.05, 0.1) is 6.42 Å². The van der Waals surface area contributed by atoms with Gasteiger partial charge in [-0.2, -0.15) is 0 Å². The number of benzene rings is 1. The molecule has 4 aliphatic carbocycles. The Hall–Kier alpha value is -2.74. The van der Waals surface area contributed by atoms with Gasteiger partial charge in [0.1, 0.15) is 24.1 Å². The van der Waals surface area contributed by atoms with Crippen molar-refractivity contribution in [2.24, 2.45) is 40.4 Å². The third-order valence-corrected chi connectivity index (χ3v) is 12.0. The number of rotatable bonds is 7. The number of hydrogen-bond acceptors (Lipinski definition) is 8. The molecule has 43 heavy (non-hydrogen) atoms. The lowest BCUT2D eigenvalue weighted by atomic mass is 9.42. The third kappa shape index (κ3) is 5.65. The first-order chi connectivity index (χ1) is 20.3. The number of Topliss-reactive ketones (excluding diaryl/α,β-unsaturated/α-hetero) is 1. The summed E-state index contributed by atoms with van der Waals surface area (Å²) in [6, 6.07) is 9.85. The number of carbonyl (C=O) groups is 4. The summed E-state index contributed by atoms with van der Waals surface area (Å²) < 4.78 is 18.9. The summed E-state index contributed by atoms with van der Waals surface area (Å²) in [5.41, 5.74) is -0.188. The normalized spacial score (nSPS) is 40.0. The lowest BCUT2D eigenvalue weighted by Gasteiger charge is -2.65. The molecule has 8 heteroatoms. The predicted octanol–water partition coefficient (Wildman–Crippen LogP) is 5.01. The van der Waals surface area contributed by atoms with Crippen molar-refractivity contribution < 1.29 is 33.4 Å². The maximum absolute atomic E-state index is 13.7. The van der Waals surface area contributed by atoms with E-state index >= 15 is 0 Å². The minimum absolute atomic E-state index is 0.0391. The molecule has 0 bridgehead atoms. The van der Waals surface area contributed by atoms with Gasteiger partial charge in [-0.25, -0.2) is 0 Å². The molecule has 1 aromatic carbocycles. The average Bonchev–Trinajstić information content (AvgIpc) is 3.28. The van der Waals surface area contributed by atoms with Gasteiger partial charge < -0.3 is 19.1 Å². The van der Waals surface area contributed by atoms with Gasteiger partial charge in [0, 0.05) is 43.1 Å². The van der Waals surface area contributed by atoms with Crippen LogP contribution in [0, 0.1) is 40.4 Å². The molecule has 0 heterocycles. The molecule has 5 rings (SSSR count). The zero-order chi connectivity index (χ0) is 31.3. The number of hydrogen-bond donors (Lipinski definition) is 0.